The summed E-state index contributed by atoms with van der Waals surface area (Å²) in [5.74, 6) is 1.79. The van der Waals surface area contributed by atoms with E-state index in [1.807, 2.05) is 0 Å². The standard InChI is InChI=1S/C20H32/c1-6-19(4)13-10-16-15(14-19)8-9-17-18(2,3)11-7-12-20(16,17)5/h6,14,16-17H,1,7-13H2,2-5H3/t16-,17-,19-,20+/m1/s1. The zero-order valence-corrected chi connectivity index (χ0v) is 14.0. The van der Waals surface area contributed by atoms with E-state index in [1.54, 1.807) is 5.57 Å². The monoisotopic (exact) mass is 272 g/mol. The van der Waals surface area contributed by atoms with Gasteiger partial charge in [0.15, 0.2) is 0 Å². The lowest BCUT2D eigenvalue weighted by molar-refractivity contribution is -0.0587. The molecule has 3 aliphatic carbocycles. The van der Waals surface area contributed by atoms with Gasteiger partial charge in [0, 0.05) is 5.41 Å². The van der Waals surface area contributed by atoms with E-state index in [-0.39, 0.29) is 5.41 Å². The Balaban J connectivity index is 1.97. The van der Waals surface area contributed by atoms with Crippen molar-refractivity contribution in [3.8, 4) is 0 Å². The highest BCUT2D eigenvalue weighted by molar-refractivity contribution is 5.26. The molecule has 0 nitrogen and oxygen atoms in total. The number of fused-ring (bicyclic) bond motifs is 3. The molecule has 0 saturated heterocycles. The fourth-order valence-corrected chi connectivity index (χ4v) is 6.01. The van der Waals surface area contributed by atoms with E-state index in [1.165, 1.54) is 44.9 Å². The lowest BCUT2D eigenvalue weighted by Crippen LogP contribution is -2.50. The fraction of sp³-hybridized carbons (Fsp3) is 0.800. The highest BCUT2D eigenvalue weighted by Crippen LogP contribution is 2.63. The van der Waals surface area contributed by atoms with Crippen LogP contribution in [-0.4, -0.2) is 0 Å². The third-order valence-corrected chi connectivity index (χ3v) is 7.19. The molecular formula is C20H32. The van der Waals surface area contributed by atoms with Gasteiger partial charge < -0.3 is 0 Å². The van der Waals surface area contributed by atoms with Crippen LogP contribution in [0.15, 0.2) is 24.3 Å². The van der Waals surface area contributed by atoms with Crippen LogP contribution in [0.4, 0.5) is 0 Å². The second-order valence-electron chi connectivity index (χ2n) is 8.96. The molecule has 0 bridgehead atoms. The first-order valence-corrected chi connectivity index (χ1v) is 8.66. The summed E-state index contributed by atoms with van der Waals surface area (Å²) in [4.78, 5) is 0. The minimum absolute atomic E-state index is 0.263. The first-order valence-electron chi connectivity index (χ1n) is 8.66. The van der Waals surface area contributed by atoms with Crippen molar-refractivity contribution in [2.75, 3.05) is 0 Å². The van der Waals surface area contributed by atoms with Gasteiger partial charge in [-0.25, -0.2) is 0 Å². The summed E-state index contributed by atoms with van der Waals surface area (Å²) < 4.78 is 0. The minimum Gasteiger partial charge on any atom is -0.102 e. The summed E-state index contributed by atoms with van der Waals surface area (Å²) >= 11 is 0. The van der Waals surface area contributed by atoms with Crippen molar-refractivity contribution in [2.24, 2.45) is 28.1 Å². The summed E-state index contributed by atoms with van der Waals surface area (Å²) in [5, 5.41) is 0. The van der Waals surface area contributed by atoms with Crippen molar-refractivity contribution >= 4 is 0 Å². The molecule has 4 atom stereocenters. The fourth-order valence-electron chi connectivity index (χ4n) is 6.01. The molecule has 112 valence electrons. The predicted octanol–water partition coefficient (Wildman–Crippen LogP) is 6.14. The molecule has 0 aromatic heterocycles. The van der Waals surface area contributed by atoms with Gasteiger partial charge in [-0.05, 0) is 61.2 Å². The smallest absolute Gasteiger partial charge is 0.00330 e. The minimum atomic E-state index is 0.263. The highest BCUT2D eigenvalue weighted by atomic mass is 14.6. The maximum absolute atomic E-state index is 4.07. The molecule has 0 heterocycles. The van der Waals surface area contributed by atoms with Crippen molar-refractivity contribution in [1.82, 2.24) is 0 Å². The molecule has 20 heavy (non-hydrogen) atoms. The largest absolute Gasteiger partial charge is 0.102 e. The summed E-state index contributed by atoms with van der Waals surface area (Å²) in [6.07, 6.45) is 14.5. The average Bonchev–Trinajstić information content (AvgIpc) is 2.37. The number of hydrogen-bond acceptors (Lipinski definition) is 0. The Morgan fingerprint density at radius 3 is 2.55 bits per heavy atom. The van der Waals surface area contributed by atoms with Gasteiger partial charge in [0.2, 0.25) is 0 Å². The SMILES string of the molecule is C=C[C@@]1(C)C=C2CC[C@@H]3C(C)(C)CCC[C@@]3(C)[C@@H]2CC1. The Hall–Kier alpha value is -0.520. The second-order valence-corrected chi connectivity index (χ2v) is 8.96. The topological polar surface area (TPSA) is 0 Å². The van der Waals surface area contributed by atoms with Crippen LogP contribution in [0, 0.1) is 28.1 Å². The van der Waals surface area contributed by atoms with Gasteiger partial charge >= 0.3 is 0 Å². The van der Waals surface area contributed by atoms with Crippen LogP contribution in [0.25, 0.3) is 0 Å². The maximum atomic E-state index is 4.07. The lowest BCUT2D eigenvalue weighted by atomic mass is 9.45. The Bertz CT molecular complexity index is 441. The Morgan fingerprint density at radius 1 is 1.10 bits per heavy atom. The zero-order valence-electron chi connectivity index (χ0n) is 14.0. The van der Waals surface area contributed by atoms with Crippen molar-refractivity contribution in [1.29, 1.82) is 0 Å². The summed E-state index contributed by atoms with van der Waals surface area (Å²) in [6, 6.07) is 0. The Kier molecular flexibility index (Phi) is 3.23. The molecule has 0 radical (unpaired) electrons. The van der Waals surface area contributed by atoms with Gasteiger partial charge in [-0.3, -0.25) is 0 Å². The summed E-state index contributed by atoms with van der Waals surface area (Å²) in [7, 11) is 0. The van der Waals surface area contributed by atoms with E-state index in [2.05, 4.69) is 46.4 Å². The van der Waals surface area contributed by atoms with Crippen molar-refractivity contribution < 1.29 is 0 Å². The van der Waals surface area contributed by atoms with Crippen LogP contribution in [0.2, 0.25) is 0 Å². The molecule has 0 spiro atoms. The molecule has 0 N–H and O–H groups in total. The third kappa shape index (κ3) is 2.02. The van der Waals surface area contributed by atoms with Crippen molar-refractivity contribution in [3.63, 3.8) is 0 Å². The predicted molar refractivity (Wildman–Crippen MR) is 87.6 cm³/mol. The Labute approximate surface area is 125 Å². The van der Waals surface area contributed by atoms with Crippen molar-refractivity contribution in [3.05, 3.63) is 24.3 Å². The molecule has 0 heteroatoms. The molecule has 3 aliphatic rings. The van der Waals surface area contributed by atoms with Crippen molar-refractivity contribution in [2.45, 2.75) is 72.6 Å². The molecule has 2 fully saturated rings. The van der Waals surface area contributed by atoms with E-state index in [9.17, 15) is 0 Å². The van der Waals surface area contributed by atoms with E-state index in [4.69, 9.17) is 0 Å². The molecule has 3 rings (SSSR count). The first-order chi connectivity index (χ1) is 9.31. The van der Waals surface area contributed by atoms with Gasteiger partial charge in [-0.2, -0.15) is 0 Å². The quantitative estimate of drug-likeness (QED) is 0.503. The number of rotatable bonds is 1. The summed E-state index contributed by atoms with van der Waals surface area (Å²) in [6.45, 7) is 14.1. The molecule has 0 amide bonds. The van der Waals surface area contributed by atoms with Gasteiger partial charge in [0.05, 0.1) is 0 Å². The molecule has 0 aromatic carbocycles. The molecule has 0 aromatic rings. The van der Waals surface area contributed by atoms with Gasteiger partial charge in [0.1, 0.15) is 0 Å². The van der Waals surface area contributed by atoms with E-state index in [0.717, 1.165) is 11.8 Å². The van der Waals surface area contributed by atoms with Crippen LogP contribution < -0.4 is 0 Å². The van der Waals surface area contributed by atoms with E-state index in [0.29, 0.717) is 10.8 Å². The van der Waals surface area contributed by atoms with Crippen LogP contribution in [0.3, 0.4) is 0 Å². The molecule has 2 saturated carbocycles. The number of allylic oxidation sites excluding steroid dienone is 3. The molecule has 0 aliphatic heterocycles. The van der Waals surface area contributed by atoms with Gasteiger partial charge in [-0.1, -0.05) is 51.8 Å². The van der Waals surface area contributed by atoms with Crippen LogP contribution in [0.5, 0.6) is 0 Å². The summed E-state index contributed by atoms with van der Waals surface area (Å²) in [5.41, 5.74) is 3.15. The van der Waals surface area contributed by atoms with Crippen LogP contribution in [0.1, 0.15) is 72.6 Å². The maximum Gasteiger partial charge on any atom is 0.00330 e. The van der Waals surface area contributed by atoms with Gasteiger partial charge in [-0.15, -0.1) is 6.58 Å². The average molecular weight is 272 g/mol. The molecule has 0 unspecified atom stereocenters. The highest BCUT2D eigenvalue weighted by Gasteiger charge is 2.54. The number of hydrogen-bond donors (Lipinski definition) is 0. The normalized spacial score (nSPS) is 46.9. The van der Waals surface area contributed by atoms with Gasteiger partial charge in [0.25, 0.3) is 0 Å². The zero-order chi connectivity index (χ0) is 14.6. The van der Waals surface area contributed by atoms with E-state index < -0.39 is 0 Å². The third-order valence-electron chi connectivity index (χ3n) is 7.19. The first kappa shape index (κ1) is 14.4. The lowest BCUT2D eigenvalue weighted by Gasteiger charge is -2.59. The van der Waals surface area contributed by atoms with E-state index >= 15 is 0 Å². The second kappa shape index (κ2) is 4.49. The van der Waals surface area contributed by atoms with Crippen LogP contribution in [-0.2, 0) is 0 Å². The molecular weight excluding hydrogens is 240 g/mol. The Morgan fingerprint density at radius 2 is 1.85 bits per heavy atom. The van der Waals surface area contributed by atoms with Crippen LogP contribution >= 0.6 is 0 Å².